The number of amides is 1. The Morgan fingerprint density at radius 1 is 0.921 bits per heavy atom. The second-order valence-corrected chi connectivity index (χ2v) is 9.62. The largest absolute Gasteiger partial charge is 0.416 e. The third-order valence-electron chi connectivity index (χ3n) is 6.99. The van der Waals surface area contributed by atoms with Crippen LogP contribution in [0.5, 0.6) is 0 Å². The van der Waals surface area contributed by atoms with Gasteiger partial charge in [0.2, 0.25) is 5.91 Å². The summed E-state index contributed by atoms with van der Waals surface area (Å²) in [6.45, 7) is 4.46. The lowest BCUT2D eigenvalue weighted by Crippen LogP contribution is -2.58. The van der Waals surface area contributed by atoms with Crippen molar-refractivity contribution in [1.29, 1.82) is 0 Å². The Kier molecular flexibility index (Phi) is 8.65. The molecule has 0 spiro atoms. The summed E-state index contributed by atoms with van der Waals surface area (Å²) < 4.78 is 79.4. The zero-order chi connectivity index (χ0) is 27.5. The van der Waals surface area contributed by atoms with Crippen LogP contribution in [0.2, 0.25) is 0 Å². The zero-order valence-electron chi connectivity index (χ0n) is 20.9. The Morgan fingerprint density at radius 2 is 1.47 bits per heavy atom. The number of benzene rings is 2. The van der Waals surface area contributed by atoms with Crippen LogP contribution >= 0.6 is 0 Å². The van der Waals surface area contributed by atoms with Crippen LogP contribution < -0.4 is 10.6 Å². The Morgan fingerprint density at radius 3 is 2.00 bits per heavy atom. The second kappa shape index (κ2) is 11.6. The van der Waals surface area contributed by atoms with Gasteiger partial charge in [-0.3, -0.25) is 25.2 Å². The summed E-state index contributed by atoms with van der Waals surface area (Å²) in [7, 11) is 1.53. The summed E-state index contributed by atoms with van der Waals surface area (Å²) in [6.07, 6.45) is -9.88. The number of halogens is 6. The molecule has 0 saturated carbocycles. The number of hydrogen-bond acceptors (Lipinski definition) is 5. The molecule has 0 aliphatic carbocycles. The van der Waals surface area contributed by atoms with Gasteiger partial charge in [-0.15, -0.1) is 0 Å². The van der Waals surface area contributed by atoms with E-state index in [2.05, 4.69) is 20.4 Å². The van der Waals surface area contributed by atoms with Crippen LogP contribution in [0.25, 0.3) is 0 Å². The van der Waals surface area contributed by atoms with Crippen molar-refractivity contribution < 1.29 is 31.1 Å². The van der Waals surface area contributed by atoms with Crippen molar-refractivity contribution >= 4 is 5.91 Å². The number of rotatable bonds is 7. The van der Waals surface area contributed by atoms with E-state index in [1.54, 1.807) is 0 Å². The number of hydrogen-bond donors (Lipinski definition) is 2. The fourth-order valence-corrected chi connectivity index (χ4v) is 4.93. The second-order valence-electron chi connectivity index (χ2n) is 9.62. The van der Waals surface area contributed by atoms with E-state index in [1.165, 1.54) is 11.9 Å². The number of alkyl halides is 6. The summed E-state index contributed by atoms with van der Waals surface area (Å²) in [6, 6.07) is 10.1. The lowest BCUT2D eigenvalue weighted by Gasteiger charge is -2.41. The van der Waals surface area contributed by atoms with Crippen LogP contribution in [0, 0.1) is 0 Å². The van der Waals surface area contributed by atoms with E-state index in [4.69, 9.17) is 0 Å². The maximum Gasteiger partial charge on any atom is 0.416 e. The summed E-state index contributed by atoms with van der Waals surface area (Å²) in [5.74, 6) is -0.259. The molecule has 2 heterocycles. The van der Waals surface area contributed by atoms with Crippen molar-refractivity contribution in [3.05, 3.63) is 70.8 Å². The predicted molar refractivity (Wildman–Crippen MR) is 130 cm³/mol. The van der Waals surface area contributed by atoms with Gasteiger partial charge in [0.25, 0.3) is 0 Å². The molecule has 2 aromatic carbocycles. The van der Waals surface area contributed by atoms with Gasteiger partial charge < -0.3 is 4.90 Å². The Labute approximate surface area is 217 Å². The van der Waals surface area contributed by atoms with Crippen molar-refractivity contribution in [3.63, 3.8) is 0 Å². The highest BCUT2D eigenvalue weighted by molar-refractivity contribution is 5.83. The number of carbonyl (C=O) groups is 1. The van der Waals surface area contributed by atoms with Gasteiger partial charge in [-0.25, -0.2) is 0 Å². The van der Waals surface area contributed by atoms with E-state index >= 15 is 0 Å². The van der Waals surface area contributed by atoms with Gasteiger partial charge in [0.1, 0.15) is 12.3 Å². The molecule has 0 radical (unpaired) electrons. The van der Waals surface area contributed by atoms with E-state index in [0.29, 0.717) is 25.2 Å². The number of nitrogens with zero attached hydrogens (tertiary/aromatic N) is 3. The van der Waals surface area contributed by atoms with Crippen LogP contribution in [0.1, 0.15) is 28.3 Å². The quantitative estimate of drug-likeness (QED) is 0.524. The Hall–Kier alpha value is -2.67. The average Bonchev–Trinajstić information content (AvgIpc) is 3.42. The van der Waals surface area contributed by atoms with Gasteiger partial charge in [-0.1, -0.05) is 30.3 Å². The predicted octanol–water partition coefficient (Wildman–Crippen LogP) is 3.56. The highest BCUT2D eigenvalue weighted by Crippen LogP contribution is 2.36. The summed E-state index contributed by atoms with van der Waals surface area (Å²) in [5.41, 5.74) is -2.06. The van der Waals surface area contributed by atoms with E-state index < -0.39 is 29.5 Å². The van der Waals surface area contributed by atoms with E-state index in [0.717, 1.165) is 31.7 Å². The number of nitrogens with one attached hydrogen (secondary N) is 2. The molecule has 1 atom stereocenters. The first-order valence-corrected chi connectivity index (χ1v) is 12.5. The molecule has 4 rings (SSSR count). The van der Waals surface area contributed by atoms with Crippen molar-refractivity contribution in [1.82, 2.24) is 25.3 Å². The van der Waals surface area contributed by atoms with E-state index in [9.17, 15) is 31.1 Å². The lowest BCUT2D eigenvalue weighted by atomic mass is 10.0. The average molecular weight is 544 g/mol. The highest BCUT2D eigenvalue weighted by Gasteiger charge is 2.37. The van der Waals surface area contributed by atoms with Crippen molar-refractivity contribution in [2.24, 2.45) is 0 Å². The molecule has 2 saturated heterocycles. The van der Waals surface area contributed by atoms with Gasteiger partial charge in [-0.05, 0) is 35.7 Å². The molecule has 1 unspecified atom stereocenters. The number of piperazine rings is 1. The molecule has 2 aliphatic heterocycles. The van der Waals surface area contributed by atoms with Gasteiger partial charge in [0.15, 0.2) is 0 Å². The first-order chi connectivity index (χ1) is 17.9. The zero-order valence-corrected chi connectivity index (χ0v) is 20.9. The van der Waals surface area contributed by atoms with Crippen molar-refractivity contribution in [3.8, 4) is 0 Å². The molecule has 0 bridgehead atoms. The molecular formula is C26H31F6N5O. The third-order valence-corrected chi connectivity index (χ3v) is 6.99. The first-order valence-electron chi connectivity index (χ1n) is 12.5. The minimum atomic E-state index is -4.91. The molecule has 2 aliphatic rings. The van der Waals surface area contributed by atoms with E-state index in [1.807, 2.05) is 30.3 Å². The normalized spacial score (nSPS) is 19.0. The van der Waals surface area contributed by atoms with Crippen LogP contribution in [-0.4, -0.2) is 79.8 Å². The standard InChI is InChI=1S/C26H31F6N5O/c1-35(10-7-18-15-20(25(27,28)29)17-21(16-18)26(30,31)32)23(38)22(19-5-3-2-4-6-19)36-11-13-37(14-12-36)24-33-8-9-34-24/h2-6,15-17,22,24,33-34H,7-14H2,1H3. The highest BCUT2D eigenvalue weighted by atomic mass is 19.4. The van der Waals surface area contributed by atoms with Crippen LogP contribution in [0.15, 0.2) is 48.5 Å². The molecule has 0 aromatic heterocycles. The van der Waals surface area contributed by atoms with Crippen LogP contribution in [-0.2, 0) is 23.6 Å². The third kappa shape index (κ3) is 6.85. The van der Waals surface area contributed by atoms with Gasteiger partial charge in [0.05, 0.1) is 11.1 Å². The maximum atomic E-state index is 13.6. The smallest absolute Gasteiger partial charge is 0.344 e. The van der Waals surface area contributed by atoms with Gasteiger partial charge in [-0.2, -0.15) is 26.3 Å². The van der Waals surface area contributed by atoms with E-state index in [-0.39, 0.29) is 36.8 Å². The minimum absolute atomic E-state index is 0.0311. The maximum absolute atomic E-state index is 13.6. The minimum Gasteiger partial charge on any atom is -0.344 e. The lowest BCUT2D eigenvalue weighted by molar-refractivity contribution is -0.143. The van der Waals surface area contributed by atoms with Crippen molar-refractivity contribution in [2.45, 2.75) is 31.1 Å². The molecule has 2 fully saturated rings. The topological polar surface area (TPSA) is 50.9 Å². The SMILES string of the molecule is CN(CCc1cc(C(F)(F)F)cc(C(F)(F)F)c1)C(=O)C(c1ccccc1)N1CCN(C2NCCN2)CC1. The molecule has 2 N–H and O–H groups in total. The summed E-state index contributed by atoms with van der Waals surface area (Å²) in [4.78, 5) is 19.4. The summed E-state index contributed by atoms with van der Waals surface area (Å²) in [5, 5.41) is 6.76. The number of carbonyl (C=O) groups excluding carboxylic acids is 1. The molecule has 12 heteroatoms. The molecule has 2 aromatic rings. The fraction of sp³-hybridized carbons (Fsp3) is 0.500. The Bertz CT molecular complexity index is 1050. The van der Waals surface area contributed by atoms with Gasteiger partial charge in [0, 0.05) is 52.9 Å². The van der Waals surface area contributed by atoms with Crippen LogP contribution in [0.3, 0.4) is 0 Å². The molecule has 208 valence electrons. The first kappa shape index (κ1) is 28.3. The van der Waals surface area contributed by atoms with Crippen molar-refractivity contribution in [2.75, 3.05) is 52.9 Å². The van der Waals surface area contributed by atoms with Gasteiger partial charge >= 0.3 is 12.4 Å². The molecule has 6 nitrogen and oxygen atoms in total. The number of likely N-dealkylation sites (N-methyl/N-ethyl adjacent to an activating group) is 1. The monoisotopic (exact) mass is 543 g/mol. The fourth-order valence-electron chi connectivity index (χ4n) is 4.93. The van der Waals surface area contributed by atoms with Crippen LogP contribution in [0.4, 0.5) is 26.3 Å². The summed E-state index contributed by atoms with van der Waals surface area (Å²) >= 11 is 0. The molecule has 1 amide bonds. The molecular weight excluding hydrogens is 512 g/mol. The molecule has 38 heavy (non-hydrogen) atoms. The Balaban J connectivity index is 1.48.